The lowest BCUT2D eigenvalue weighted by Crippen LogP contribution is -2.18. The number of rotatable bonds is 7. The number of halogens is 1. The van der Waals surface area contributed by atoms with E-state index in [4.69, 9.17) is 4.74 Å². The highest BCUT2D eigenvalue weighted by Gasteiger charge is 2.16. The van der Waals surface area contributed by atoms with Gasteiger partial charge in [0.1, 0.15) is 18.2 Å². The van der Waals surface area contributed by atoms with E-state index in [0.29, 0.717) is 16.4 Å². The van der Waals surface area contributed by atoms with Crippen LogP contribution in [0.4, 0.5) is 9.52 Å². The van der Waals surface area contributed by atoms with Crippen molar-refractivity contribution in [2.45, 2.75) is 26.0 Å². The number of likely N-dealkylation sites (tertiary alicyclic amines) is 1. The Morgan fingerprint density at radius 3 is 2.69 bits per heavy atom. The maximum absolute atomic E-state index is 13.0. The lowest BCUT2D eigenvalue weighted by atomic mass is 10.2. The van der Waals surface area contributed by atoms with Gasteiger partial charge in [0.2, 0.25) is 0 Å². The molecule has 2 aromatic carbocycles. The molecule has 29 heavy (non-hydrogen) atoms. The number of anilines is 1. The highest BCUT2D eigenvalue weighted by molar-refractivity contribution is 7.14. The summed E-state index contributed by atoms with van der Waals surface area (Å²) in [5.41, 5.74) is 2.24. The fourth-order valence-corrected chi connectivity index (χ4v) is 3.99. The minimum Gasteiger partial charge on any atom is -0.488 e. The summed E-state index contributed by atoms with van der Waals surface area (Å²) in [7, 11) is 0. The van der Waals surface area contributed by atoms with Gasteiger partial charge in [-0.25, -0.2) is 9.37 Å². The molecule has 0 unspecified atom stereocenters. The van der Waals surface area contributed by atoms with Gasteiger partial charge in [0.25, 0.3) is 5.91 Å². The van der Waals surface area contributed by atoms with Gasteiger partial charge in [-0.05, 0) is 55.8 Å². The Morgan fingerprint density at radius 1 is 1.14 bits per heavy atom. The number of ether oxygens (including phenoxy) is 1. The molecule has 0 spiro atoms. The average Bonchev–Trinajstić information content (AvgIpc) is 3.40. The molecule has 2 heterocycles. The Labute approximate surface area is 173 Å². The van der Waals surface area contributed by atoms with E-state index in [1.807, 2.05) is 11.4 Å². The van der Waals surface area contributed by atoms with E-state index < -0.39 is 0 Å². The van der Waals surface area contributed by atoms with E-state index in [9.17, 15) is 9.18 Å². The van der Waals surface area contributed by atoms with Crippen molar-refractivity contribution >= 4 is 22.4 Å². The zero-order valence-electron chi connectivity index (χ0n) is 15.9. The zero-order chi connectivity index (χ0) is 20.1. The van der Waals surface area contributed by atoms with E-state index in [-0.39, 0.29) is 18.3 Å². The van der Waals surface area contributed by atoms with Crippen molar-refractivity contribution < 1.29 is 13.9 Å². The fraction of sp³-hybridized carbons (Fsp3) is 0.273. The normalized spacial score (nSPS) is 14.1. The van der Waals surface area contributed by atoms with Gasteiger partial charge in [0.05, 0.1) is 11.3 Å². The third kappa shape index (κ3) is 5.19. The predicted octanol–water partition coefficient (Wildman–Crippen LogP) is 4.71. The second-order valence-corrected chi connectivity index (χ2v) is 7.85. The van der Waals surface area contributed by atoms with Gasteiger partial charge in [-0.15, -0.1) is 11.3 Å². The number of amides is 1. The Hall–Kier alpha value is -2.77. The zero-order valence-corrected chi connectivity index (χ0v) is 16.8. The molecule has 0 aliphatic carbocycles. The van der Waals surface area contributed by atoms with Crippen LogP contribution in [0.3, 0.4) is 0 Å². The van der Waals surface area contributed by atoms with E-state index in [0.717, 1.165) is 30.9 Å². The van der Waals surface area contributed by atoms with Crippen LogP contribution in [0.15, 0.2) is 53.9 Å². The lowest BCUT2D eigenvalue weighted by molar-refractivity contribution is 0.102. The Kier molecular flexibility index (Phi) is 6.17. The Morgan fingerprint density at radius 2 is 1.90 bits per heavy atom. The van der Waals surface area contributed by atoms with Crippen molar-refractivity contribution in [2.75, 3.05) is 18.4 Å². The molecule has 1 fully saturated rings. The Balaban J connectivity index is 1.39. The van der Waals surface area contributed by atoms with E-state index in [1.165, 1.54) is 36.3 Å². The largest absolute Gasteiger partial charge is 0.488 e. The molecule has 0 atom stereocenters. The van der Waals surface area contributed by atoms with Crippen LogP contribution in [0, 0.1) is 5.82 Å². The second-order valence-electron chi connectivity index (χ2n) is 6.99. The molecule has 4 rings (SSSR count). The summed E-state index contributed by atoms with van der Waals surface area (Å²) in [5, 5.41) is 5.44. The summed E-state index contributed by atoms with van der Waals surface area (Å²) in [4.78, 5) is 19.7. The first kappa shape index (κ1) is 19.5. The van der Waals surface area contributed by atoms with Gasteiger partial charge in [-0.1, -0.05) is 24.3 Å². The molecule has 1 saturated heterocycles. The van der Waals surface area contributed by atoms with Crippen LogP contribution >= 0.6 is 11.3 Å². The summed E-state index contributed by atoms with van der Waals surface area (Å²) >= 11 is 1.43. The standard InChI is InChI=1S/C22H22FN3O2S/c23-17-9-7-16(8-10-17)14-28-20-6-2-1-5-19(20)21(27)25-22-24-18(15-29-22)13-26-11-3-4-12-26/h1-2,5-10,15H,3-4,11-14H2,(H,24,25,27). The number of carbonyl (C=O) groups excluding carboxylic acids is 1. The molecule has 0 saturated carbocycles. The van der Waals surface area contributed by atoms with Crippen molar-refractivity contribution in [1.82, 2.24) is 9.88 Å². The molecule has 0 bridgehead atoms. The molecular weight excluding hydrogens is 389 g/mol. The molecule has 7 heteroatoms. The van der Waals surface area contributed by atoms with E-state index in [2.05, 4.69) is 15.2 Å². The second kappa shape index (κ2) is 9.15. The molecule has 1 N–H and O–H groups in total. The first-order valence-corrected chi connectivity index (χ1v) is 10.5. The van der Waals surface area contributed by atoms with Gasteiger partial charge < -0.3 is 4.74 Å². The van der Waals surface area contributed by atoms with Gasteiger partial charge in [-0.3, -0.25) is 15.0 Å². The van der Waals surface area contributed by atoms with Crippen molar-refractivity contribution in [3.8, 4) is 5.75 Å². The third-order valence-corrected chi connectivity index (χ3v) is 5.60. The minimum absolute atomic E-state index is 0.252. The number of thiazole rings is 1. The SMILES string of the molecule is O=C(Nc1nc(CN2CCCC2)cs1)c1ccccc1OCc1ccc(F)cc1. The van der Waals surface area contributed by atoms with Gasteiger partial charge in [-0.2, -0.15) is 0 Å². The van der Waals surface area contributed by atoms with Crippen LogP contribution in [-0.4, -0.2) is 28.9 Å². The molecule has 1 amide bonds. The van der Waals surface area contributed by atoms with Crippen molar-refractivity contribution in [3.63, 3.8) is 0 Å². The highest BCUT2D eigenvalue weighted by Crippen LogP contribution is 2.23. The highest BCUT2D eigenvalue weighted by atomic mass is 32.1. The molecule has 1 aliphatic heterocycles. The molecule has 0 radical (unpaired) electrons. The van der Waals surface area contributed by atoms with Crippen LogP contribution in [0.1, 0.15) is 34.5 Å². The van der Waals surface area contributed by atoms with Gasteiger partial charge in [0, 0.05) is 11.9 Å². The molecule has 1 aliphatic rings. The molecule has 1 aromatic heterocycles. The molecule has 150 valence electrons. The summed E-state index contributed by atoms with van der Waals surface area (Å²) < 4.78 is 18.8. The maximum Gasteiger partial charge on any atom is 0.261 e. The third-order valence-electron chi connectivity index (χ3n) is 4.80. The van der Waals surface area contributed by atoms with Crippen molar-refractivity contribution in [2.24, 2.45) is 0 Å². The number of nitrogens with zero attached hydrogens (tertiary/aromatic N) is 2. The number of hydrogen-bond donors (Lipinski definition) is 1. The van der Waals surface area contributed by atoms with Crippen LogP contribution < -0.4 is 10.1 Å². The summed E-state index contributed by atoms with van der Waals surface area (Å²) in [6.07, 6.45) is 2.48. The lowest BCUT2D eigenvalue weighted by Gasteiger charge is -2.12. The molecular formula is C22H22FN3O2S. The number of nitrogens with one attached hydrogen (secondary N) is 1. The minimum atomic E-state index is -0.291. The van der Waals surface area contributed by atoms with Crippen LogP contribution in [0.2, 0.25) is 0 Å². The Bertz CT molecular complexity index is 968. The number of hydrogen-bond acceptors (Lipinski definition) is 5. The predicted molar refractivity (Wildman–Crippen MR) is 112 cm³/mol. The van der Waals surface area contributed by atoms with Crippen LogP contribution in [0.5, 0.6) is 5.75 Å². The van der Waals surface area contributed by atoms with Crippen LogP contribution in [-0.2, 0) is 13.2 Å². The first-order valence-electron chi connectivity index (χ1n) is 9.62. The van der Waals surface area contributed by atoms with Crippen molar-refractivity contribution in [3.05, 3.63) is 76.5 Å². The number of carbonyl (C=O) groups is 1. The number of benzene rings is 2. The smallest absolute Gasteiger partial charge is 0.261 e. The monoisotopic (exact) mass is 411 g/mol. The average molecular weight is 412 g/mol. The number of aromatic nitrogens is 1. The fourth-order valence-electron chi connectivity index (χ4n) is 3.29. The van der Waals surface area contributed by atoms with E-state index in [1.54, 1.807) is 30.3 Å². The first-order chi connectivity index (χ1) is 14.2. The van der Waals surface area contributed by atoms with Gasteiger partial charge >= 0.3 is 0 Å². The molecule has 5 nitrogen and oxygen atoms in total. The van der Waals surface area contributed by atoms with Crippen LogP contribution in [0.25, 0.3) is 0 Å². The topological polar surface area (TPSA) is 54.5 Å². The van der Waals surface area contributed by atoms with Gasteiger partial charge in [0.15, 0.2) is 5.13 Å². The number of para-hydroxylation sites is 1. The quantitative estimate of drug-likeness (QED) is 0.612. The summed E-state index contributed by atoms with van der Waals surface area (Å²) in [5.74, 6) is -0.0778. The summed E-state index contributed by atoms with van der Waals surface area (Å²) in [6, 6.07) is 13.2. The maximum atomic E-state index is 13.0. The van der Waals surface area contributed by atoms with E-state index >= 15 is 0 Å². The molecule has 3 aromatic rings. The summed E-state index contributed by atoms with van der Waals surface area (Å²) in [6.45, 7) is 3.29. The van der Waals surface area contributed by atoms with Crippen molar-refractivity contribution in [1.29, 1.82) is 0 Å².